The van der Waals surface area contributed by atoms with Crippen LogP contribution in [-0.4, -0.2) is 31.7 Å². The highest BCUT2D eigenvalue weighted by Crippen LogP contribution is 2.20. The Morgan fingerprint density at radius 3 is 2.62 bits per heavy atom. The van der Waals surface area contributed by atoms with Crippen LogP contribution < -0.4 is 11.1 Å². The average molecular weight is 251 g/mol. The lowest BCUT2D eigenvalue weighted by molar-refractivity contribution is -0.122. The summed E-state index contributed by atoms with van der Waals surface area (Å²) >= 11 is 0. The molecule has 1 saturated heterocycles. The molecule has 0 aromatic rings. The first-order valence-electron chi connectivity index (χ1n) is 5.85. The van der Waals surface area contributed by atoms with Gasteiger partial charge in [0, 0.05) is 32.2 Å². The first-order valence-corrected chi connectivity index (χ1v) is 5.85. The van der Waals surface area contributed by atoms with Crippen molar-refractivity contribution in [1.82, 2.24) is 5.32 Å². The van der Waals surface area contributed by atoms with Crippen LogP contribution in [0.3, 0.4) is 0 Å². The Morgan fingerprint density at radius 1 is 1.50 bits per heavy atom. The summed E-state index contributed by atoms with van der Waals surface area (Å²) in [5.74, 6) is 0.654. The third-order valence-electron chi connectivity index (χ3n) is 2.99. The van der Waals surface area contributed by atoms with Crippen LogP contribution in [0.2, 0.25) is 0 Å². The van der Waals surface area contributed by atoms with Crippen LogP contribution in [0.4, 0.5) is 0 Å². The number of halogens is 1. The maximum atomic E-state index is 11.4. The number of amides is 1. The molecule has 1 atom stereocenters. The van der Waals surface area contributed by atoms with Gasteiger partial charge in [0.1, 0.15) is 0 Å². The third kappa shape index (κ3) is 5.14. The second-order valence-electron chi connectivity index (χ2n) is 4.07. The molecule has 0 saturated carbocycles. The summed E-state index contributed by atoms with van der Waals surface area (Å²) in [7, 11) is 0. The van der Waals surface area contributed by atoms with Gasteiger partial charge in [0.15, 0.2) is 0 Å². The lowest BCUT2D eigenvalue weighted by Gasteiger charge is -2.30. The van der Waals surface area contributed by atoms with Gasteiger partial charge in [-0.25, -0.2) is 0 Å². The van der Waals surface area contributed by atoms with Crippen molar-refractivity contribution in [3.63, 3.8) is 0 Å². The van der Waals surface area contributed by atoms with Gasteiger partial charge in [-0.1, -0.05) is 6.92 Å². The van der Waals surface area contributed by atoms with E-state index in [1.807, 2.05) is 0 Å². The van der Waals surface area contributed by atoms with E-state index in [2.05, 4.69) is 12.2 Å². The van der Waals surface area contributed by atoms with Crippen LogP contribution in [0.25, 0.3) is 0 Å². The van der Waals surface area contributed by atoms with Gasteiger partial charge < -0.3 is 15.8 Å². The van der Waals surface area contributed by atoms with E-state index in [-0.39, 0.29) is 18.3 Å². The van der Waals surface area contributed by atoms with Crippen LogP contribution in [0, 0.1) is 5.92 Å². The quantitative estimate of drug-likeness (QED) is 0.768. The highest BCUT2D eigenvalue weighted by Gasteiger charge is 2.23. The molecule has 5 heteroatoms. The van der Waals surface area contributed by atoms with E-state index < -0.39 is 0 Å². The van der Waals surface area contributed by atoms with Crippen LogP contribution >= 0.6 is 12.4 Å². The summed E-state index contributed by atoms with van der Waals surface area (Å²) in [5, 5.41) is 3.06. The molecule has 0 aromatic heterocycles. The molecule has 1 fully saturated rings. The molecule has 0 aromatic carbocycles. The largest absolute Gasteiger partial charge is 0.381 e. The van der Waals surface area contributed by atoms with Gasteiger partial charge in [-0.2, -0.15) is 0 Å². The number of rotatable bonds is 5. The zero-order chi connectivity index (χ0) is 11.1. The van der Waals surface area contributed by atoms with Crippen molar-refractivity contribution in [3.8, 4) is 0 Å². The van der Waals surface area contributed by atoms with E-state index in [1.165, 1.54) is 0 Å². The van der Waals surface area contributed by atoms with Crippen molar-refractivity contribution in [2.75, 3.05) is 19.8 Å². The number of carbonyl (C=O) groups excluding carboxylic acids is 1. The maximum absolute atomic E-state index is 11.4. The number of nitrogens with one attached hydrogen (secondary N) is 1. The lowest BCUT2D eigenvalue weighted by Crippen LogP contribution is -2.42. The van der Waals surface area contributed by atoms with E-state index >= 15 is 0 Å². The van der Waals surface area contributed by atoms with Crippen LogP contribution in [-0.2, 0) is 9.53 Å². The fourth-order valence-electron chi connectivity index (χ4n) is 2.08. The zero-order valence-corrected chi connectivity index (χ0v) is 10.7. The van der Waals surface area contributed by atoms with E-state index in [0.29, 0.717) is 24.9 Å². The molecule has 1 aliphatic heterocycles. The number of carbonyl (C=O) groups is 1. The van der Waals surface area contributed by atoms with Gasteiger partial charge in [0.2, 0.25) is 5.91 Å². The SMILES string of the molecule is CCC(NC(=O)CCN)C1CCOCC1.Cl. The number of ether oxygens (including phenoxy) is 1. The van der Waals surface area contributed by atoms with Crippen LogP contribution in [0.15, 0.2) is 0 Å². The molecule has 0 radical (unpaired) electrons. The molecule has 3 N–H and O–H groups in total. The smallest absolute Gasteiger partial charge is 0.221 e. The summed E-state index contributed by atoms with van der Waals surface area (Å²) in [5.41, 5.74) is 5.34. The molecule has 4 nitrogen and oxygen atoms in total. The molecule has 0 aliphatic carbocycles. The Bertz CT molecular complexity index is 196. The molecule has 1 rings (SSSR count). The molecule has 96 valence electrons. The van der Waals surface area contributed by atoms with Crippen molar-refractivity contribution in [3.05, 3.63) is 0 Å². The van der Waals surface area contributed by atoms with Crippen molar-refractivity contribution in [2.45, 2.75) is 38.6 Å². The minimum absolute atomic E-state index is 0. The van der Waals surface area contributed by atoms with Crippen LogP contribution in [0.5, 0.6) is 0 Å². The van der Waals surface area contributed by atoms with Gasteiger partial charge in [-0.15, -0.1) is 12.4 Å². The molecular weight excluding hydrogens is 228 g/mol. The Morgan fingerprint density at radius 2 is 2.12 bits per heavy atom. The van der Waals surface area contributed by atoms with Gasteiger partial charge in [-0.3, -0.25) is 4.79 Å². The summed E-state index contributed by atoms with van der Waals surface area (Å²) in [6.07, 6.45) is 3.53. The van der Waals surface area contributed by atoms with Crippen molar-refractivity contribution >= 4 is 18.3 Å². The van der Waals surface area contributed by atoms with Crippen LogP contribution in [0.1, 0.15) is 32.6 Å². The van der Waals surface area contributed by atoms with E-state index in [0.717, 1.165) is 32.5 Å². The summed E-state index contributed by atoms with van der Waals surface area (Å²) in [4.78, 5) is 11.4. The highest BCUT2D eigenvalue weighted by atomic mass is 35.5. The maximum Gasteiger partial charge on any atom is 0.221 e. The lowest BCUT2D eigenvalue weighted by atomic mass is 9.90. The molecule has 1 unspecified atom stereocenters. The van der Waals surface area contributed by atoms with E-state index in [4.69, 9.17) is 10.5 Å². The number of nitrogens with two attached hydrogens (primary N) is 1. The van der Waals surface area contributed by atoms with Gasteiger partial charge >= 0.3 is 0 Å². The van der Waals surface area contributed by atoms with Gasteiger partial charge in [0.05, 0.1) is 0 Å². The van der Waals surface area contributed by atoms with Crippen molar-refractivity contribution in [1.29, 1.82) is 0 Å². The van der Waals surface area contributed by atoms with Crippen molar-refractivity contribution < 1.29 is 9.53 Å². The Kier molecular flexibility index (Phi) is 8.61. The minimum atomic E-state index is 0. The predicted molar refractivity (Wildman–Crippen MR) is 66.7 cm³/mol. The molecular formula is C11H23ClN2O2. The molecule has 0 spiro atoms. The Hall–Kier alpha value is -0.320. The molecule has 1 amide bonds. The summed E-state index contributed by atoms with van der Waals surface area (Å²) in [6, 6.07) is 0.299. The third-order valence-corrected chi connectivity index (χ3v) is 2.99. The summed E-state index contributed by atoms with van der Waals surface area (Å²) < 4.78 is 5.31. The molecule has 16 heavy (non-hydrogen) atoms. The summed E-state index contributed by atoms with van der Waals surface area (Å²) in [6.45, 7) is 4.20. The van der Waals surface area contributed by atoms with E-state index in [9.17, 15) is 4.79 Å². The Balaban J connectivity index is 0.00000225. The fraction of sp³-hybridized carbons (Fsp3) is 0.909. The number of hydrogen-bond acceptors (Lipinski definition) is 3. The highest BCUT2D eigenvalue weighted by molar-refractivity contribution is 5.85. The van der Waals surface area contributed by atoms with Gasteiger partial charge in [0.25, 0.3) is 0 Å². The predicted octanol–water partition coefficient (Wildman–Crippen LogP) is 1.08. The van der Waals surface area contributed by atoms with E-state index in [1.54, 1.807) is 0 Å². The monoisotopic (exact) mass is 250 g/mol. The first kappa shape index (κ1) is 15.7. The van der Waals surface area contributed by atoms with Gasteiger partial charge in [-0.05, 0) is 25.2 Å². The van der Waals surface area contributed by atoms with Crippen molar-refractivity contribution in [2.24, 2.45) is 11.7 Å². The average Bonchev–Trinajstić information content (AvgIpc) is 2.27. The number of hydrogen-bond donors (Lipinski definition) is 2. The molecule has 1 aliphatic rings. The zero-order valence-electron chi connectivity index (χ0n) is 9.91. The normalized spacial score (nSPS) is 18.6. The first-order chi connectivity index (χ1) is 7.27. The molecule has 1 heterocycles. The fourth-order valence-corrected chi connectivity index (χ4v) is 2.08. The minimum Gasteiger partial charge on any atom is -0.381 e. The topological polar surface area (TPSA) is 64.4 Å². The second-order valence-corrected chi connectivity index (χ2v) is 4.07. The standard InChI is InChI=1S/C11H22N2O2.ClH/c1-2-10(13-11(14)3-6-12)9-4-7-15-8-5-9;/h9-10H,2-8,12H2,1H3,(H,13,14);1H. The molecule has 0 bridgehead atoms. The Labute approximate surface area is 104 Å². The second kappa shape index (κ2) is 8.79.